The third kappa shape index (κ3) is 6.41. The summed E-state index contributed by atoms with van der Waals surface area (Å²) in [6.07, 6.45) is 5.09. The molecule has 1 fully saturated rings. The van der Waals surface area contributed by atoms with Crippen LogP contribution in [0.5, 0.6) is 0 Å². The first-order valence-electron chi connectivity index (χ1n) is 11.7. The number of anilines is 1. The van der Waals surface area contributed by atoms with Crippen LogP contribution in [0.2, 0.25) is 0 Å². The first-order valence-corrected chi connectivity index (χ1v) is 11.7. The Balaban J connectivity index is 0.00000456. The maximum absolute atomic E-state index is 12.9. The van der Waals surface area contributed by atoms with Crippen LogP contribution in [-0.4, -0.2) is 81.2 Å². The van der Waals surface area contributed by atoms with Gasteiger partial charge in [-0.15, -0.1) is 12.4 Å². The van der Waals surface area contributed by atoms with Crippen molar-refractivity contribution in [1.29, 1.82) is 5.26 Å². The number of piperidine rings is 1. The molecule has 12 nitrogen and oxygen atoms in total. The lowest BCUT2D eigenvalue weighted by atomic mass is 9.92. The quantitative estimate of drug-likeness (QED) is 0.415. The Morgan fingerprint density at radius 1 is 1.36 bits per heavy atom. The number of rotatable bonds is 9. The maximum atomic E-state index is 12.9. The highest BCUT2D eigenvalue weighted by atomic mass is 35.5. The van der Waals surface area contributed by atoms with Crippen molar-refractivity contribution in [1.82, 2.24) is 24.8 Å². The summed E-state index contributed by atoms with van der Waals surface area (Å²) in [6, 6.07) is 1.97. The number of amides is 2. The van der Waals surface area contributed by atoms with E-state index in [1.165, 1.54) is 17.1 Å². The summed E-state index contributed by atoms with van der Waals surface area (Å²) in [5.74, 6) is -0.423. The lowest BCUT2D eigenvalue weighted by molar-refractivity contribution is -0.139. The highest BCUT2D eigenvalue weighted by Crippen LogP contribution is 2.29. The average molecular weight is 521 g/mol. The number of aromatic nitrogens is 3. The predicted molar refractivity (Wildman–Crippen MR) is 136 cm³/mol. The molecule has 2 amide bonds. The van der Waals surface area contributed by atoms with Gasteiger partial charge in [-0.05, 0) is 44.2 Å². The summed E-state index contributed by atoms with van der Waals surface area (Å²) in [5, 5.41) is 21.5. The van der Waals surface area contributed by atoms with Gasteiger partial charge in [0, 0.05) is 26.3 Å². The number of nitrogens with one attached hydrogen (secondary N) is 1. The molecule has 1 aliphatic rings. The average Bonchev–Trinajstić information content (AvgIpc) is 3.28. The summed E-state index contributed by atoms with van der Waals surface area (Å²) in [4.78, 5) is 49.2. The van der Waals surface area contributed by atoms with E-state index in [2.05, 4.69) is 22.2 Å². The van der Waals surface area contributed by atoms with E-state index in [1.807, 2.05) is 18.0 Å². The van der Waals surface area contributed by atoms with E-state index in [0.29, 0.717) is 49.3 Å². The third-order valence-electron chi connectivity index (χ3n) is 6.56. The largest absolute Gasteiger partial charge is 0.480 e. The summed E-state index contributed by atoms with van der Waals surface area (Å²) in [7, 11) is 1.89. The second-order valence-electron chi connectivity index (χ2n) is 8.86. The van der Waals surface area contributed by atoms with E-state index in [1.54, 1.807) is 11.0 Å². The van der Waals surface area contributed by atoms with Gasteiger partial charge in [-0.2, -0.15) is 5.26 Å². The first-order chi connectivity index (χ1) is 16.8. The van der Waals surface area contributed by atoms with Crippen LogP contribution >= 0.6 is 12.4 Å². The van der Waals surface area contributed by atoms with E-state index in [9.17, 15) is 19.5 Å². The molecular weight excluding hydrogens is 488 g/mol. The first kappa shape index (κ1) is 28.8. The SMILES string of the molecule is C[C@@H]1CCN(C(=O)CC#N)C[C@@H]1N(C)c1ncnc2c1ccn2C(=O)NC(CCCCN)C(=O)O.Cl. The number of hydrogen-bond donors (Lipinski definition) is 3. The van der Waals surface area contributed by atoms with Crippen LogP contribution < -0.4 is 16.0 Å². The Bertz CT molecular complexity index is 1120. The van der Waals surface area contributed by atoms with Crippen LogP contribution in [0.25, 0.3) is 11.0 Å². The number of likely N-dealkylation sites (tertiary alicyclic amines) is 1. The van der Waals surface area contributed by atoms with Gasteiger partial charge >= 0.3 is 12.0 Å². The van der Waals surface area contributed by atoms with E-state index in [4.69, 9.17) is 11.0 Å². The number of carbonyl (C=O) groups excluding carboxylic acids is 2. The maximum Gasteiger partial charge on any atom is 0.327 e. The molecule has 4 N–H and O–H groups in total. The van der Waals surface area contributed by atoms with E-state index >= 15 is 0 Å². The van der Waals surface area contributed by atoms with Crippen molar-refractivity contribution in [3.8, 4) is 6.07 Å². The van der Waals surface area contributed by atoms with Gasteiger partial charge in [0.2, 0.25) is 5.91 Å². The van der Waals surface area contributed by atoms with Crippen LogP contribution in [0.4, 0.5) is 10.6 Å². The van der Waals surface area contributed by atoms with Crippen LogP contribution in [0.1, 0.15) is 39.0 Å². The van der Waals surface area contributed by atoms with E-state index in [-0.39, 0.29) is 43.1 Å². The molecule has 36 heavy (non-hydrogen) atoms. The normalized spacial score (nSPS) is 18.1. The van der Waals surface area contributed by atoms with Gasteiger partial charge in [0.25, 0.3) is 0 Å². The van der Waals surface area contributed by atoms with Gasteiger partial charge in [0.1, 0.15) is 24.6 Å². The molecule has 1 aliphatic heterocycles. The van der Waals surface area contributed by atoms with Crippen molar-refractivity contribution in [3.63, 3.8) is 0 Å². The zero-order chi connectivity index (χ0) is 25.5. The number of aliphatic carboxylic acids is 1. The Hall–Kier alpha value is -3.43. The number of nitriles is 1. The van der Waals surface area contributed by atoms with Gasteiger partial charge in [-0.1, -0.05) is 6.92 Å². The second-order valence-corrected chi connectivity index (χ2v) is 8.86. The summed E-state index contributed by atoms with van der Waals surface area (Å²) in [5.41, 5.74) is 5.83. The number of hydrogen-bond acceptors (Lipinski definition) is 8. The number of nitrogens with zero attached hydrogens (tertiary/aromatic N) is 6. The van der Waals surface area contributed by atoms with E-state index < -0.39 is 18.0 Å². The summed E-state index contributed by atoms with van der Waals surface area (Å²) in [6.45, 7) is 3.65. The molecule has 1 saturated heterocycles. The Kier molecular flexibility index (Phi) is 10.4. The molecule has 0 aliphatic carbocycles. The minimum atomic E-state index is -1.11. The highest BCUT2D eigenvalue weighted by Gasteiger charge is 2.33. The summed E-state index contributed by atoms with van der Waals surface area (Å²) >= 11 is 0. The van der Waals surface area contributed by atoms with Gasteiger partial charge in [-0.3, -0.25) is 9.36 Å². The molecule has 2 aromatic heterocycles. The molecule has 13 heteroatoms. The number of carboxylic acids is 1. The third-order valence-corrected chi connectivity index (χ3v) is 6.56. The van der Waals surface area contributed by atoms with Crippen molar-refractivity contribution in [2.24, 2.45) is 11.7 Å². The predicted octanol–water partition coefficient (Wildman–Crippen LogP) is 1.58. The van der Waals surface area contributed by atoms with Crippen LogP contribution in [0.15, 0.2) is 18.6 Å². The molecule has 196 valence electrons. The van der Waals surface area contributed by atoms with Gasteiger partial charge in [0.15, 0.2) is 5.65 Å². The molecule has 0 bridgehead atoms. The van der Waals surface area contributed by atoms with Crippen molar-refractivity contribution in [2.75, 3.05) is 31.6 Å². The van der Waals surface area contributed by atoms with Crippen molar-refractivity contribution < 1.29 is 19.5 Å². The lowest BCUT2D eigenvalue weighted by Crippen LogP contribution is -2.52. The minimum absolute atomic E-state index is 0. The van der Waals surface area contributed by atoms with E-state index in [0.717, 1.165) is 6.42 Å². The molecule has 2 aromatic rings. The molecule has 3 rings (SSSR count). The molecule has 0 spiro atoms. The fraction of sp³-hybridized carbons (Fsp3) is 0.565. The standard InChI is InChI=1S/C23H32N8O4.ClH/c1-15-7-11-30(19(32)6-10-25)13-18(15)29(2)20-16-8-12-31(21(16)27-14-26-20)23(35)28-17(22(33)34)5-3-4-9-24;/h8,12,14-15,17-18H,3-7,9,11,13,24H2,1-2H3,(H,28,35)(H,33,34);1H/t15-,17?,18+;/m1./s1. The Morgan fingerprint density at radius 3 is 2.78 bits per heavy atom. The second kappa shape index (κ2) is 13.0. The zero-order valence-corrected chi connectivity index (χ0v) is 21.3. The van der Waals surface area contributed by atoms with Crippen LogP contribution in [0.3, 0.4) is 0 Å². The topological polar surface area (TPSA) is 170 Å². The molecular formula is C23H33ClN8O4. The fourth-order valence-corrected chi connectivity index (χ4v) is 4.47. The Labute approximate surface area is 215 Å². The number of halogens is 1. The molecule has 0 radical (unpaired) electrons. The van der Waals surface area contributed by atoms with Crippen molar-refractivity contribution >= 4 is 47.2 Å². The number of carboxylic acid groups (broad SMARTS) is 1. The summed E-state index contributed by atoms with van der Waals surface area (Å²) < 4.78 is 1.28. The number of likely N-dealkylation sites (N-methyl/N-ethyl adjacent to an activating group) is 1. The van der Waals surface area contributed by atoms with Gasteiger partial charge in [0.05, 0.1) is 17.5 Å². The molecule has 3 heterocycles. The fourth-order valence-electron chi connectivity index (χ4n) is 4.47. The van der Waals surface area contributed by atoms with Gasteiger partial charge in [-0.25, -0.2) is 19.6 Å². The molecule has 3 atom stereocenters. The number of fused-ring (bicyclic) bond motifs is 1. The minimum Gasteiger partial charge on any atom is -0.480 e. The van der Waals surface area contributed by atoms with Crippen molar-refractivity contribution in [3.05, 3.63) is 18.6 Å². The molecule has 1 unspecified atom stereocenters. The van der Waals surface area contributed by atoms with Gasteiger partial charge < -0.3 is 26.0 Å². The van der Waals surface area contributed by atoms with Crippen LogP contribution in [-0.2, 0) is 9.59 Å². The number of unbranched alkanes of at least 4 members (excludes halogenated alkanes) is 1. The zero-order valence-electron chi connectivity index (χ0n) is 20.5. The molecule has 0 aromatic carbocycles. The van der Waals surface area contributed by atoms with Crippen molar-refractivity contribution in [2.45, 2.75) is 51.1 Å². The van der Waals surface area contributed by atoms with Crippen LogP contribution in [0, 0.1) is 17.2 Å². The Morgan fingerprint density at radius 2 is 2.11 bits per heavy atom. The smallest absolute Gasteiger partial charge is 0.327 e. The highest BCUT2D eigenvalue weighted by molar-refractivity contribution is 5.96. The number of nitrogens with two attached hydrogens (primary N) is 1. The lowest BCUT2D eigenvalue weighted by Gasteiger charge is -2.42. The molecule has 0 saturated carbocycles. The monoisotopic (exact) mass is 520 g/mol. The number of carbonyl (C=O) groups is 3.